The van der Waals surface area contributed by atoms with E-state index >= 15 is 0 Å². The van der Waals surface area contributed by atoms with Crippen LogP contribution in [-0.4, -0.2) is 56.7 Å². The zero-order chi connectivity index (χ0) is 16.9. The van der Waals surface area contributed by atoms with Gasteiger partial charge in [-0.25, -0.2) is 0 Å². The zero-order valence-electron chi connectivity index (χ0n) is 14.5. The molecule has 0 saturated carbocycles. The van der Waals surface area contributed by atoms with E-state index in [1.54, 1.807) is 0 Å². The van der Waals surface area contributed by atoms with E-state index in [1.165, 1.54) is 0 Å². The molecule has 6 nitrogen and oxygen atoms in total. The molecule has 24 heavy (non-hydrogen) atoms. The summed E-state index contributed by atoms with van der Waals surface area (Å²) in [6.45, 7) is 9.58. The maximum Gasteiger partial charge on any atom is 0.234 e. The Kier molecular flexibility index (Phi) is 5.58. The fraction of sp³-hybridized carbons (Fsp3) is 0.611. The molecule has 1 fully saturated rings. The number of piperazine rings is 1. The highest BCUT2D eigenvalue weighted by Gasteiger charge is 2.22. The lowest BCUT2D eigenvalue weighted by Crippen LogP contribution is -2.48. The van der Waals surface area contributed by atoms with Gasteiger partial charge in [-0.2, -0.15) is 0 Å². The number of ether oxygens (including phenoxy) is 2. The molecule has 6 heteroatoms. The highest BCUT2D eigenvalue weighted by atomic mass is 16.6. The van der Waals surface area contributed by atoms with Crippen molar-refractivity contribution in [2.24, 2.45) is 5.92 Å². The molecule has 0 radical (unpaired) electrons. The predicted molar refractivity (Wildman–Crippen MR) is 92.5 cm³/mol. The normalized spacial score (nSPS) is 19.1. The van der Waals surface area contributed by atoms with Gasteiger partial charge in [-0.05, 0) is 23.6 Å². The molecule has 2 heterocycles. The van der Waals surface area contributed by atoms with E-state index in [2.05, 4.69) is 29.4 Å². The lowest BCUT2D eigenvalue weighted by molar-refractivity contribution is -0.123. The summed E-state index contributed by atoms with van der Waals surface area (Å²) < 4.78 is 11.2. The van der Waals surface area contributed by atoms with E-state index in [9.17, 15) is 4.79 Å². The Bertz CT molecular complexity index is 571. The molecule has 1 unspecified atom stereocenters. The molecule has 0 spiro atoms. The molecular formula is C18H27N3O3. The minimum atomic E-state index is -0.0313. The zero-order valence-corrected chi connectivity index (χ0v) is 14.5. The fourth-order valence-electron chi connectivity index (χ4n) is 3.18. The Labute approximate surface area is 143 Å². The van der Waals surface area contributed by atoms with Gasteiger partial charge >= 0.3 is 0 Å². The first-order valence-corrected chi connectivity index (χ1v) is 8.75. The van der Waals surface area contributed by atoms with Crippen LogP contribution in [0.1, 0.15) is 25.5 Å². The summed E-state index contributed by atoms with van der Waals surface area (Å²) in [5.74, 6) is 1.91. The summed E-state index contributed by atoms with van der Waals surface area (Å²) >= 11 is 0. The Morgan fingerprint density at radius 1 is 1.21 bits per heavy atom. The third kappa shape index (κ3) is 4.19. The van der Waals surface area contributed by atoms with E-state index < -0.39 is 0 Å². The molecule has 3 rings (SSSR count). The lowest BCUT2D eigenvalue weighted by Gasteiger charge is -2.29. The van der Waals surface area contributed by atoms with Crippen LogP contribution in [0.15, 0.2) is 18.2 Å². The van der Waals surface area contributed by atoms with E-state index in [0.717, 1.165) is 43.2 Å². The van der Waals surface area contributed by atoms with Gasteiger partial charge in [-0.3, -0.25) is 9.69 Å². The van der Waals surface area contributed by atoms with Gasteiger partial charge in [0.1, 0.15) is 13.2 Å². The van der Waals surface area contributed by atoms with Crippen molar-refractivity contribution >= 4 is 5.91 Å². The summed E-state index contributed by atoms with van der Waals surface area (Å²) in [4.78, 5) is 14.6. The molecule has 0 aromatic heterocycles. The molecule has 2 aliphatic rings. The Balaban J connectivity index is 1.66. The van der Waals surface area contributed by atoms with Crippen LogP contribution < -0.4 is 20.1 Å². The highest BCUT2D eigenvalue weighted by molar-refractivity contribution is 5.78. The molecule has 1 atom stereocenters. The minimum Gasteiger partial charge on any atom is -0.486 e. The number of fused-ring (bicyclic) bond motifs is 1. The third-order valence-electron chi connectivity index (χ3n) is 4.49. The fourth-order valence-corrected chi connectivity index (χ4v) is 3.18. The summed E-state index contributed by atoms with van der Waals surface area (Å²) in [6, 6.07) is 5.91. The Hall–Kier alpha value is -1.79. The number of rotatable bonds is 5. The van der Waals surface area contributed by atoms with Crippen LogP contribution in [0.4, 0.5) is 0 Å². The smallest absolute Gasteiger partial charge is 0.234 e. The highest BCUT2D eigenvalue weighted by Crippen LogP contribution is 2.34. The monoisotopic (exact) mass is 333 g/mol. The summed E-state index contributed by atoms with van der Waals surface area (Å²) in [5, 5.41) is 6.49. The van der Waals surface area contributed by atoms with Crippen LogP contribution in [0.25, 0.3) is 0 Å². The first-order valence-electron chi connectivity index (χ1n) is 8.75. The molecule has 1 saturated heterocycles. The predicted octanol–water partition coefficient (Wildman–Crippen LogP) is 1.18. The summed E-state index contributed by atoms with van der Waals surface area (Å²) in [5.41, 5.74) is 1.06. The van der Waals surface area contributed by atoms with Crippen molar-refractivity contribution in [3.8, 4) is 11.5 Å². The van der Waals surface area contributed by atoms with E-state index in [-0.39, 0.29) is 11.9 Å². The molecule has 1 amide bonds. The number of carbonyl (C=O) groups is 1. The maximum absolute atomic E-state index is 12.5. The van der Waals surface area contributed by atoms with Crippen molar-refractivity contribution in [1.29, 1.82) is 0 Å². The topological polar surface area (TPSA) is 62.8 Å². The van der Waals surface area contributed by atoms with Gasteiger partial charge in [0, 0.05) is 26.2 Å². The first kappa shape index (κ1) is 17.0. The SMILES string of the molecule is CC(C)C(NC(=O)CN1CCNCC1)c1ccc2c(c1)OCCO2. The third-order valence-corrected chi connectivity index (χ3v) is 4.49. The van der Waals surface area contributed by atoms with Crippen molar-refractivity contribution in [3.05, 3.63) is 23.8 Å². The van der Waals surface area contributed by atoms with Gasteiger partial charge < -0.3 is 20.1 Å². The maximum atomic E-state index is 12.5. The Morgan fingerprint density at radius 3 is 2.62 bits per heavy atom. The average molecular weight is 333 g/mol. The van der Waals surface area contributed by atoms with Crippen molar-refractivity contribution in [3.63, 3.8) is 0 Å². The lowest BCUT2D eigenvalue weighted by atomic mass is 9.95. The second-order valence-electron chi connectivity index (χ2n) is 6.72. The standard InChI is InChI=1S/C18H27N3O3/c1-13(2)18(20-17(22)12-21-7-5-19-6-8-21)14-3-4-15-16(11-14)24-10-9-23-15/h3-4,11,13,18-19H,5-10,12H2,1-2H3,(H,20,22). The largest absolute Gasteiger partial charge is 0.486 e. The van der Waals surface area contributed by atoms with E-state index in [1.807, 2.05) is 18.2 Å². The van der Waals surface area contributed by atoms with Crippen LogP contribution >= 0.6 is 0 Å². The molecule has 2 N–H and O–H groups in total. The van der Waals surface area contributed by atoms with Crippen LogP contribution in [-0.2, 0) is 4.79 Å². The van der Waals surface area contributed by atoms with E-state index in [0.29, 0.717) is 25.7 Å². The van der Waals surface area contributed by atoms with Gasteiger partial charge in [0.2, 0.25) is 5.91 Å². The number of nitrogens with one attached hydrogen (secondary N) is 2. The average Bonchev–Trinajstić information content (AvgIpc) is 2.60. The van der Waals surface area contributed by atoms with Crippen LogP contribution in [0.2, 0.25) is 0 Å². The number of carbonyl (C=O) groups excluding carboxylic acids is 1. The number of hydrogen-bond acceptors (Lipinski definition) is 5. The number of hydrogen-bond donors (Lipinski definition) is 2. The van der Waals surface area contributed by atoms with Gasteiger partial charge in [0.25, 0.3) is 0 Å². The van der Waals surface area contributed by atoms with Crippen molar-refractivity contribution in [1.82, 2.24) is 15.5 Å². The van der Waals surface area contributed by atoms with Crippen LogP contribution in [0, 0.1) is 5.92 Å². The molecule has 0 aliphatic carbocycles. The molecule has 1 aromatic carbocycles. The molecule has 132 valence electrons. The molecule has 1 aromatic rings. The van der Waals surface area contributed by atoms with Crippen molar-refractivity contribution < 1.29 is 14.3 Å². The van der Waals surface area contributed by atoms with E-state index in [4.69, 9.17) is 9.47 Å². The van der Waals surface area contributed by atoms with Gasteiger partial charge in [-0.1, -0.05) is 19.9 Å². The Morgan fingerprint density at radius 2 is 1.92 bits per heavy atom. The summed E-state index contributed by atoms with van der Waals surface area (Å²) in [7, 11) is 0. The van der Waals surface area contributed by atoms with Gasteiger partial charge in [0.05, 0.1) is 12.6 Å². The second-order valence-corrected chi connectivity index (χ2v) is 6.72. The number of benzene rings is 1. The molecule has 2 aliphatic heterocycles. The molecular weight excluding hydrogens is 306 g/mol. The number of nitrogens with zero attached hydrogens (tertiary/aromatic N) is 1. The first-order chi connectivity index (χ1) is 11.6. The van der Waals surface area contributed by atoms with Crippen LogP contribution in [0.5, 0.6) is 11.5 Å². The van der Waals surface area contributed by atoms with Gasteiger partial charge in [-0.15, -0.1) is 0 Å². The van der Waals surface area contributed by atoms with Gasteiger partial charge in [0.15, 0.2) is 11.5 Å². The molecule has 0 bridgehead atoms. The summed E-state index contributed by atoms with van der Waals surface area (Å²) in [6.07, 6.45) is 0. The second kappa shape index (κ2) is 7.85. The quantitative estimate of drug-likeness (QED) is 0.847. The number of amides is 1. The van der Waals surface area contributed by atoms with Crippen LogP contribution in [0.3, 0.4) is 0 Å². The van der Waals surface area contributed by atoms with Crippen molar-refractivity contribution in [2.75, 3.05) is 45.9 Å². The minimum absolute atomic E-state index is 0.0313. The van der Waals surface area contributed by atoms with Crippen molar-refractivity contribution in [2.45, 2.75) is 19.9 Å².